The molecule has 0 aromatic heterocycles. The van der Waals surface area contributed by atoms with E-state index >= 15 is 0 Å². The van der Waals surface area contributed by atoms with Crippen LogP contribution in [0.1, 0.15) is 12.8 Å². The van der Waals surface area contributed by atoms with Gasteiger partial charge in [-0.3, -0.25) is 4.79 Å². The zero-order valence-electron chi connectivity index (χ0n) is 10.4. The Hall–Kier alpha value is -0.340. The molecule has 5 nitrogen and oxygen atoms in total. The quantitative estimate of drug-likeness (QED) is 0.789. The van der Waals surface area contributed by atoms with Crippen LogP contribution >= 0.6 is 39.1 Å². The Morgan fingerprint density at radius 2 is 1.85 bits per heavy atom. The van der Waals surface area contributed by atoms with Gasteiger partial charge >= 0.3 is 5.97 Å². The van der Waals surface area contributed by atoms with Crippen molar-refractivity contribution in [2.24, 2.45) is 0 Å². The number of rotatable bonds is 6. The van der Waals surface area contributed by atoms with Crippen molar-refractivity contribution in [3.05, 3.63) is 26.7 Å². The molecule has 0 aliphatic rings. The highest BCUT2D eigenvalue weighted by Crippen LogP contribution is 2.34. The Morgan fingerprint density at radius 3 is 2.30 bits per heavy atom. The fraction of sp³-hybridized carbons (Fsp3) is 0.364. The maximum Gasteiger partial charge on any atom is 0.303 e. The van der Waals surface area contributed by atoms with Gasteiger partial charge in [-0.1, -0.05) is 39.1 Å². The third-order valence-electron chi connectivity index (χ3n) is 2.49. The normalized spacial score (nSPS) is 11.8. The molecule has 1 N–H and O–H groups in total. The summed E-state index contributed by atoms with van der Waals surface area (Å²) < 4.78 is 26.3. The zero-order chi connectivity index (χ0) is 15.5. The van der Waals surface area contributed by atoms with Crippen molar-refractivity contribution in [1.82, 2.24) is 4.31 Å². The number of benzene rings is 1. The Morgan fingerprint density at radius 1 is 1.35 bits per heavy atom. The summed E-state index contributed by atoms with van der Waals surface area (Å²) in [6.45, 7) is 0.0668. The summed E-state index contributed by atoms with van der Waals surface area (Å²) in [5.74, 6) is -0.976. The fourth-order valence-corrected chi connectivity index (χ4v) is 4.59. The molecule has 0 fully saturated rings. The van der Waals surface area contributed by atoms with E-state index in [2.05, 4.69) is 15.9 Å². The third kappa shape index (κ3) is 4.33. The van der Waals surface area contributed by atoms with Gasteiger partial charge in [-0.25, -0.2) is 12.7 Å². The predicted molar refractivity (Wildman–Crippen MR) is 80.8 cm³/mol. The molecule has 1 rings (SSSR count). The summed E-state index contributed by atoms with van der Waals surface area (Å²) >= 11 is 15.0. The summed E-state index contributed by atoms with van der Waals surface area (Å²) in [7, 11) is -2.51. The van der Waals surface area contributed by atoms with E-state index in [-0.39, 0.29) is 34.3 Å². The first kappa shape index (κ1) is 17.7. The van der Waals surface area contributed by atoms with E-state index in [9.17, 15) is 13.2 Å². The number of nitrogens with zero attached hydrogens (tertiary/aromatic N) is 1. The minimum absolute atomic E-state index is 0.00876. The van der Waals surface area contributed by atoms with E-state index < -0.39 is 16.0 Å². The van der Waals surface area contributed by atoms with E-state index in [0.29, 0.717) is 4.47 Å². The second kappa shape index (κ2) is 7.09. The van der Waals surface area contributed by atoms with E-state index in [0.717, 1.165) is 4.31 Å². The molecule has 20 heavy (non-hydrogen) atoms. The Kier molecular flexibility index (Phi) is 6.27. The summed E-state index contributed by atoms with van der Waals surface area (Å²) in [6.07, 6.45) is 0.0957. The number of carboxylic acid groups (broad SMARTS) is 1. The third-order valence-corrected chi connectivity index (χ3v) is 5.73. The number of sulfonamides is 1. The van der Waals surface area contributed by atoms with Crippen LogP contribution in [0, 0.1) is 0 Å². The van der Waals surface area contributed by atoms with Crippen LogP contribution in [0.5, 0.6) is 0 Å². The predicted octanol–water partition coefficient (Wildman–Crippen LogP) is 3.24. The number of aliphatic carboxylic acids is 1. The smallest absolute Gasteiger partial charge is 0.303 e. The maximum absolute atomic E-state index is 12.4. The van der Waals surface area contributed by atoms with Crippen LogP contribution in [-0.4, -0.2) is 37.4 Å². The van der Waals surface area contributed by atoms with E-state index in [1.165, 1.54) is 19.2 Å². The van der Waals surface area contributed by atoms with Crippen LogP contribution in [0.2, 0.25) is 10.0 Å². The minimum atomic E-state index is -3.86. The van der Waals surface area contributed by atoms with Gasteiger partial charge in [-0.05, 0) is 18.6 Å². The SMILES string of the molecule is CN(CCCC(=O)O)S(=O)(=O)c1c(Cl)cc(Br)cc1Cl. The molecule has 0 unspecified atom stereocenters. The first-order valence-corrected chi connectivity index (χ1v) is 8.48. The molecule has 9 heteroatoms. The average Bonchev–Trinajstić information content (AvgIpc) is 2.26. The van der Waals surface area contributed by atoms with Crippen molar-refractivity contribution in [1.29, 1.82) is 0 Å². The second-order valence-electron chi connectivity index (χ2n) is 4.02. The summed E-state index contributed by atoms with van der Waals surface area (Å²) in [5.41, 5.74) is 0. The Labute approximate surface area is 135 Å². The standard InChI is InChI=1S/C11H12BrCl2NO4S/c1-15(4-2-3-10(16)17)20(18,19)11-8(13)5-7(12)6-9(11)14/h5-6H,2-4H2,1H3,(H,16,17). The van der Waals surface area contributed by atoms with Crippen molar-refractivity contribution >= 4 is 55.1 Å². The van der Waals surface area contributed by atoms with Crippen molar-refractivity contribution in [2.75, 3.05) is 13.6 Å². The van der Waals surface area contributed by atoms with Crippen molar-refractivity contribution in [3.63, 3.8) is 0 Å². The molecule has 0 aliphatic carbocycles. The van der Waals surface area contributed by atoms with Gasteiger partial charge in [0.1, 0.15) is 4.90 Å². The molecule has 0 atom stereocenters. The van der Waals surface area contributed by atoms with Gasteiger partial charge in [0, 0.05) is 24.5 Å². The van der Waals surface area contributed by atoms with Crippen LogP contribution in [0.25, 0.3) is 0 Å². The molecule has 0 saturated heterocycles. The average molecular weight is 405 g/mol. The van der Waals surface area contributed by atoms with Crippen molar-refractivity contribution in [2.45, 2.75) is 17.7 Å². The molecule has 1 aromatic carbocycles. The van der Waals surface area contributed by atoms with E-state index in [1.807, 2.05) is 0 Å². The van der Waals surface area contributed by atoms with Gasteiger partial charge < -0.3 is 5.11 Å². The molecule has 112 valence electrons. The molecular weight excluding hydrogens is 393 g/mol. The zero-order valence-corrected chi connectivity index (χ0v) is 14.4. The molecular formula is C11H12BrCl2NO4S. The first-order valence-electron chi connectivity index (χ1n) is 5.49. The molecule has 0 radical (unpaired) electrons. The number of carbonyl (C=O) groups is 1. The van der Waals surface area contributed by atoms with Crippen LogP contribution in [0.4, 0.5) is 0 Å². The lowest BCUT2D eigenvalue weighted by atomic mass is 10.3. The van der Waals surface area contributed by atoms with Gasteiger partial charge in [0.25, 0.3) is 0 Å². The van der Waals surface area contributed by atoms with E-state index in [4.69, 9.17) is 28.3 Å². The van der Waals surface area contributed by atoms with Gasteiger partial charge in [-0.15, -0.1) is 0 Å². The van der Waals surface area contributed by atoms with Crippen molar-refractivity contribution < 1.29 is 18.3 Å². The van der Waals surface area contributed by atoms with Crippen molar-refractivity contribution in [3.8, 4) is 0 Å². The summed E-state index contributed by atoms with van der Waals surface area (Å²) in [6, 6.07) is 2.87. The number of carboxylic acids is 1. The lowest BCUT2D eigenvalue weighted by Gasteiger charge is -2.18. The lowest BCUT2D eigenvalue weighted by molar-refractivity contribution is -0.137. The topological polar surface area (TPSA) is 74.7 Å². The molecule has 0 spiro atoms. The summed E-state index contributed by atoms with van der Waals surface area (Å²) in [4.78, 5) is 10.3. The van der Waals surface area contributed by atoms with Crippen LogP contribution in [0.3, 0.4) is 0 Å². The number of hydrogen-bond donors (Lipinski definition) is 1. The minimum Gasteiger partial charge on any atom is -0.481 e. The molecule has 0 amide bonds. The number of halogens is 3. The molecule has 1 aromatic rings. The molecule has 0 saturated carbocycles. The lowest BCUT2D eigenvalue weighted by Crippen LogP contribution is -2.28. The van der Waals surface area contributed by atoms with Crippen LogP contribution < -0.4 is 0 Å². The van der Waals surface area contributed by atoms with Gasteiger partial charge in [0.05, 0.1) is 10.0 Å². The highest BCUT2D eigenvalue weighted by atomic mass is 79.9. The fourth-order valence-electron chi connectivity index (χ4n) is 1.50. The van der Waals surface area contributed by atoms with Crippen LogP contribution in [0.15, 0.2) is 21.5 Å². The first-order chi connectivity index (χ1) is 9.16. The Bertz CT molecular complexity index is 598. The maximum atomic E-state index is 12.4. The van der Waals surface area contributed by atoms with E-state index in [1.54, 1.807) is 0 Å². The molecule has 0 aliphatic heterocycles. The van der Waals surface area contributed by atoms with Gasteiger partial charge in [0.15, 0.2) is 0 Å². The number of hydrogen-bond acceptors (Lipinski definition) is 3. The summed E-state index contributed by atoms with van der Waals surface area (Å²) in [5, 5.41) is 8.57. The largest absolute Gasteiger partial charge is 0.481 e. The molecule has 0 heterocycles. The highest BCUT2D eigenvalue weighted by molar-refractivity contribution is 9.10. The van der Waals surface area contributed by atoms with Gasteiger partial charge in [0.2, 0.25) is 10.0 Å². The highest BCUT2D eigenvalue weighted by Gasteiger charge is 2.26. The van der Waals surface area contributed by atoms with Crippen LogP contribution in [-0.2, 0) is 14.8 Å². The van der Waals surface area contributed by atoms with Gasteiger partial charge in [-0.2, -0.15) is 0 Å². The monoisotopic (exact) mass is 403 g/mol. The Balaban J connectivity index is 3.02. The molecule has 0 bridgehead atoms. The second-order valence-corrected chi connectivity index (χ2v) is 7.73.